The molecule has 0 saturated carbocycles. The normalized spacial score (nSPS) is 17.1. The third-order valence-corrected chi connectivity index (χ3v) is 6.56. The fourth-order valence-electron chi connectivity index (χ4n) is 3.19. The van der Waals surface area contributed by atoms with Crippen LogP contribution in [-0.4, -0.2) is 26.6 Å². The molecule has 0 aromatic heterocycles. The van der Waals surface area contributed by atoms with Crippen LogP contribution in [-0.2, 0) is 10.0 Å². The molecule has 26 heavy (non-hydrogen) atoms. The minimum Gasteiger partial charge on any atom is -0.345 e. The second kappa shape index (κ2) is 7.50. The predicted octanol–water partition coefficient (Wildman–Crippen LogP) is 3.42. The van der Waals surface area contributed by atoms with Gasteiger partial charge in [0, 0.05) is 12.1 Å². The Hall–Kier alpha value is -2.34. The fourth-order valence-corrected chi connectivity index (χ4v) is 4.75. The fraction of sp³-hybridized carbons (Fsp3) is 0.350. The molecule has 0 bridgehead atoms. The smallest absolute Gasteiger partial charge is 0.251 e. The summed E-state index contributed by atoms with van der Waals surface area (Å²) < 4.78 is 25.6. The lowest BCUT2D eigenvalue weighted by Crippen LogP contribution is -2.29. The number of anilines is 1. The van der Waals surface area contributed by atoms with E-state index in [1.54, 1.807) is 24.3 Å². The molecule has 138 valence electrons. The number of hydrogen-bond acceptors (Lipinski definition) is 3. The van der Waals surface area contributed by atoms with Crippen LogP contribution >= 0.6 is 0 Å². The van der Waals surface area contributed by atoms with Crippen molar-refractivity contribution in [1.29, 1.82) is 0 Å². The molecule has 1 fully saturated rings. The van der Waals surface area contributed by atoms with E-state index in [-0.39, 0.29) is 17.7 Å². The number of aryl methyl sites for hydroxylation is 1. The molecule has 5 nitrogen and oxygen atoms in total. The average molecular weight is 372 g/mol. The molecular formula is C20H24N2O3S. The molecule has 1 aliphatic rings. The lowest BCUT2D eigenvalue weighted by atomic mass is 10.0. The highest BCUT2D eigenvalue weighted by Crippen LogP contribution is 2.25. The maximum Gasteiger partial charge on any atom is 0.251 e. The third-order valence-electron chi connectivity index (χ3n) is 4.69. The van der Waals surface area contributed by atoms with Crippen molar-refractivity contribution in [2.24, 2.45) is 0 Å². The molecule has 1 saturated heterocycles. The van der Waals surface area contributed by atoms with Crippen LogP contribution in [0.15, 0.2) is 48.5 Å². The number of carbonyl (C=O) groups excluding carboxylic acids is 1. The van der Waals surface area contributed by atoms with Crippen LogP contribution in [0.25, 0.3) is 0 Å². The first-order valence-corrected chi connectivity index (χ1v) is 10.5. The van der Waals surface area contributed by atoms with E-state index in [0.717, 1.165) is 12.0 Å². The number of hydrogen-bond donors (Lipinski definition) is 1. The van der Waals surface area contributed by atoms with Gasteiger partial charge in [-0.15, -0.1) is 0 Å². The molecule has 1 atom stereocenters. The van der Waals surface area contributed by atoms with Gasteiger partial charge in [-0.05, 0) is 43.5 Å². The Kier molecular flexibility index (Phi) is 5.32. The predicted molar refractivity (Wildman–Crippen MR) is 104 cm³/mol. The van der Waals surface area contributed by atoms with Crippen LogP contribution in [0, 0.1) is 6.92 Å². The van der Waals surface area contributed by atoms with E-state index < -0.39 is 10.0 Å². The summed E-state index contributed by atoms with van der Waals surface area (Å²) in [5.74, 6) is -0.0368. The maximum atomic E-state index is 12.7. The molecular weight excluding hydrogens is 348 g/mol. The number of carbonyl (C=O) groups is 1. The molecule has 2 aromatic rings. The molecule has 1 amide bonds. The monoisotopic (exact) mass is 372 g/mol. The summed E-state index contributed by atoms with van der Waals surface area (Å²) in [6.45, 7) is 4.52. The summed E-state index contributed by atoms with van der Waals surface area (Å²) in [6, 6.07) is 14.9. The van der Waals surface area contributed by atoms with Gasteiger partial charge in [0.15, 0.2) is 0 Å². The van der Waals surface area contributed by atoms with Crippen LogP contribution in [0.4, 0.5) is 5.69 Å². The first-order valence-electron chi connectivity index (χ1n) is 8.88. The molecule has 1 heterocycles. The van der Waals surface area contributed by atoms with Gasteiger partial charge in [0.05, 0.1) is 17.5 Å². The molecule has 0 radical (unpaired) electrons. The average Bonchev–Trinajstić information content (AvgIpc) is 2.99. The minimum absolute atomic E-state index is 0.0812. The lowest BCUT2D eigenvalue weighted by molar-refractivity contribution is 0.0935. The van der Waals surface area contributed by atoms with Crippen LogP contribution < -0.4 is 9.62 Å². The zero-order valence-electron chi connectivity index (χ0n) is 15.1. The first kappa shape index (κ1) is 18.5. The quantitative estimate of drug-likeness (QED) is 0.874. The Balaban J connectivity index is 1.79. The molecule has 6 heteroatoms. The second-order valence-corrected chi connectivity index (χ2v) is 8.65. The highest BCUT2D eigenvalue weighted by Gasteiger charge is 2.28. The van der Waals surface area contributed by atoms with E-state index in [2.05, 4.69) is 5.32 Å². The summed E-state index contributed by atoms with van der Waals surface area (Å²) in [4.78, 5) is 12.7. The van der Waals surface area contributed by atoms with Gasteiger partial charge < -0.3 is 5.32 Å². The van der Waals surface area contributed by atoms with Gasteiger partial charge in [-0.3, -0.25) is 9.10 Å². The number of benzene rings is 2. The largest absolute Gasteiger partial charge is 0.345 e. The van der Waals surface area contributed by atoms with Crippen molar-refractivity contribution in [2.45, 2.75) is 32.7 Å². The van der Waals surface area contributed by atoms with Crippen LogP contribution in [0.1, 0.15) is 47.3 Å². The zero-order chi connectivity index (χ0) is 18.7. The standard InChI is InChI=1S/C20H24N2O3S/c1-3-19(16-10-8-15(2)9-11-16)21-20(23)17-6-4-7-18(14-17)22-12-5-13-26(22,24)25/h4,6-11,14,19H,3,5,12-13H2,1-2H3,(H,21,23). The third kappa shape index (κ3) is 3.90. The number of nitrogens with one attached hydrogen (secondary N) is 1. The van der Waals surface area contributed by atoms with Crippen molar-refractivity contribution in [2.75, 3.05) is 16.6 Å². The van der Waals surface area contributed by atoms with Gasteiger partial charge in [0.1, 0.15) is 0 Å². The van der Waals surface area contributed by atoms with Gasteiger partial charge in [-0.25, -0.2) is 8.42 Å². The lowest BCUT2D eigenvalue weighted by Gasteiger charge is -2.20. The van der Waals surface area contributed by atoms with E-state index in [9.17, 15) is 13.2 Å². The van der Waals surface area contributed by atoms with Crippen LogP contribution in [0.2, 0.25) is 0 Å². The first-order chi connectivity index (χ1) is 12.4. The number of nitrogens with zero attached hydrogens (tertiary/aromatic N) is 1. The van der Waals surface area contributed by atoms with Crippen molar-refractivity contribution in [1.82, 2.24) is 5.32 Å². The number of sulfonamides is 1. The Morgan fingerprint density at radius 3 is 2.54 bits per heavy atom. The second-order valence-electron chi connectivity index (χ2n) is 6.64. The van der Waals surface area contributed by atoms with Crippen molar-refractivity contribution >= 4 is 21.6 Å². The zero-order valence-corrected chi connectivity index (χ0v) is 15.9. The minimum atomic E-state index is -3.26. The summed E-state index contributed by atoms with van der Waals surface area (Å²) in [5, 5.41) is 3.05. The summed E-state index contributed by atoms with van der Waals surface area (Å²) >= 11 is 0. The van der Waals surface area contributed by atoms with Crippen molar-refractivity contribution < 1.29 is 13.2 Å². The molecule has 2 aromatic carbocycles. The Morgan fingerprint density at radius 2 is 1.92 bits per heavy atom. The number of rotatable bonds is 5. The Morgan fingerprint density at radius 1 is 1.19 bits per heavy atom. The maximum absolute atomic E-state index is 12.7. The van der Waals surface area contributed by atoms with Gasteiger partial charge in [-0.2, -0.15) is 0 Å². The van der Waals surface area contributed by atoms with Crippen molar-refractivity contribution in [3.63, 3.8) is 0 Å². The van der Waals surface area contributed by atoms with E-state index >= 15 is 0 Å². The topological polar surface area (TPSA) is 66.5 Å². The molecule has 0 spiro atoms. The Bertz CT molecular complexity index is 892. The van der Waals surface area contributed by atoms with Crippen LogP contribution in [0.3, 0.4) is 0 Å². The van der Waals surface area contributed by atoms with E-state index in [4.69, 9.17) is 0 Å². The van der Waals surface area contributed by atoms with Gasteiger partial charge in [-0.1, -0.05) is 42.8 Å². The highest BCUT2D eigenvalue weighted by atomic mass is 32.2. The van der Waals surface area contributed by atoms with Crippen molar-refractivity contribution in [3.05, 3.63) is 65.2 Å². The molecule has 1 aliphatic heterocycles. The SMILES string of the molecule is CCC(NC(=O)c1cccc(N2CCCS2(=O)=O)c1)c1ccc(C)cc1. The van der Waals surface area contributed by atoms with Gasteiger partial charge in [0.25, 0.3) is 5.91 Å². The van der Waals surface area contributed by atoms with E-state index in [0.29, 0.717) is 24.2 Å². The Labute approximate surface area is 155 Å². The van der Waals surface area contributed by atoms with E-state index in [1.807, 2.05) is 38.1 Å². The van der Waals surface area contributed by atoms with Gasteiger partial charge >= 0.3 is 0 Å². The summed E-state index contributed by atoms with van der Waals surface area (Å²) in [6.07, 6.45) is 1.39. The van der Waals surface area contributed by atoms with Crippen molar-refractivity contribution in [3.8, 4) is 0 Å². The molecule has 1 N–H and O–H groups in total. The summed E-state index contributed by atoms with van der Waals surface area (Å²) in [7, 11) is -3.26. The molecule has 0 aliphatic carbocycles. The number of amides is 1. The van der Waals surface area contributed by atoms with Crippen LogP contribution in [0.5, 0.6) is 0 Å². The molecule has 1 unspecified atom stereocenters. The van der Waals surface area contributed by atoms with Gasteiger partial charge in [0.2, 0.25) is 10.0 Å². The highest BCUT2D eigenvalue weighted by molar-refractivity contribution is 7.93. The summed E-state index contributed by atoms with van der Waals surface area (Å²) in [5.41, 5.74) is 3.26. The molecule has 3 rings (SSSR count). The van der Waals surface area contributed by atoms with E-state index in [1.165, 1.54) is 9.87 Å².